The van der Waals surface area contributed by atoms with Gasteiger partial charge in [-0.25, -0.2) is 0 Å². The molecule has 3 aliphatic rings. The van der Waals surface area contributed by atoms with Crippen LogP contribution in [0.25, 0.3) is 0 Å². The van der Waals surface area contributed by atoms with Gasteiger partial charge in [-0.15, -0.1) is 0 Å². The molecule has 1 saturated carbocycles. The normalized spacial score (nSPS) is 28.0. The fourth-order valence-corrected chi connectivity index (χ4v) is 10.7. The molecule has 3 aromatic rings. The molecule has 0 radical (unpaired) electrons. The van der Waals surface area contributed by atoms with Crippen LogP contribution in [0.3, 0.4) is 0 Å². The van der Waals surface area contributed by atoms with Crippen LogP contribution < -0.4 is 10.4 Å². The summed E-state index contributed by atoms with van der Waals surface area (Å²) < 4.78 is 26.6. The zero-order chi connectivity index (χ0) is 30.6. The van der Waals surface area contributed by atoms with Gasteiger partial charge in [-0.1, -0.05) is 112 Å². The number of benzene rings is 3. The number of fused-ring (bicyclic) bond motifs is 1. The van der Waals surface area contributed by atoms with Crippen LogP contribution in [0.5, 0.6) is 0 Å². The summed E-state index contributed by atoms with van der Waals surface area (Å²) in [5.74, 6) is 0.117. The molecule has 3 fully saturated rings. The van der Waals surface area contributed by atoms with Crippen molar-refractivity contribution >= 4 is 25.4 Å². The molecule has 44 heavy (non-hydrogen) atoms. The van der Waals surface area contributed by atoms with Crippen LogP contribution in [0.4, 0.5) is 0 Å². The number of rotatable bonds is 10. The van der Waals surface area contributed by atoms with Crippen molar-refractivity contribution in [2.45, 2.75) is 84.2 Å². The number of esters is 1. The van der Waals surface area contributed by atoms with E-state index in [4.69, 9.17) is 18.6 Å². The van der Waals surface area contributed by atoms with Gasteiger partial charge in [0.25, 0.3) is 0 Å². The lowest BCUT2D eigenvalue weighted by Crippen LogP contribution is -2.55. The summed E-state index contributed by atoms with van der Waals surface area (Å²) in [6.45, 7) is 8.05. The summed E-state index contributed by atoms with van der Waals surface area (Å²) in [4.78, 5) is 13.0. The predicted octanol–water partition coefficient (Wildman–Crippen LogP) is 6.07. The van der Waals surface area contributed by atoms with Crippen LogP contribution in [0, 0.1) is 22.7 Å². The molecule has 2 saturated heterocycles. The number of aryl methyl sites for hydroxylation is 1. The van der Waals surface area contributed by atoms with Gasteiger partial charge in [0.2, 0.25) is 9.04 Å². The maximum atomic E-state index is 13.0. The highest BCUT2D eigenvalue weighted by atomic mass is 28.3. The van der Waals surface area contributed by atoms with Crippen LogP contribution in [-0.2, 0) is 29.9 Å². The second-order valence-corrected chi connectivity index (χ2v) is 16.6. The van der Waals surface area contributed by atoms with Crippen molar-refractivity contribution in [1.29, 1.82) is 0 Å². The number of ether oxygens (including phenoxy) is 3. The van der Waals surface area contributed by atoms with Crippen molar-refractivity contribution in [1.82, 2.24) is 0 Å². The van der Waals surface area contributed by atoms with Gasteiger partial charge in [0.1, 0.15) is 0 Å². The Kier molecular flexibility index (Phi) is 9.72. The quantitative estimate of drug-likeness (QED) is 0.206. The standard InChI is InChI=1S/C38H48O5Si/c1-37(2,3)36(43-44(29-17-9-5-10-18-29)30-19-11-6-12-20-30)35-31-27-41-33(39)26-38(31,23-22-28-15-7-4-8-16-28)25-32(35)42-34-21-13-14-24-40-34/h4-12,15-20,31-32,34-36,44H,13-14,21-27H2,1-3H3/t31-,32-,34?,35+,36?,38-/m1/s1. The lowest BCUT2D eigenvalue weighted by Gasteiger charge is -2.46. The van der Waals surface area contributed by atoms with Crippen molar-refractivity contribution in [3.63, 3.8) is 0 Å². The molecule has 0 bridgehead atoms. The Morgan fingerprint density at radius 3 is 2.14 bits per heavy atom. The maximum Gasteiger partial charge on any atom is 0.306 e. The van der Waals surface area contributed by atoms with Gasteiger partial charge in [0.05, 0.1) is 25.2 Å². The topological polar surface area (TPSA) is 54.0 Å². The van der Waals surface area contributed by atoms with E-state index in [0.29, 0.717) is 13.0 Å². The molecule has 0 aromatic heterocycles. The fourth-order valence-electron chi connectivity index (χ4n) is 7.96. The molecular formula is C38H48O5Si. The molecule has 234 valence electrons. The van der Waals surface area contributed by atoms with E-state index in [1.807, 2.05) is 0 Å². The number of carbonyl (C=O) groups is 1. The summed E-state index contributed by atoms with van der Waals surface area (Å²) in [7, 11) is -2.08. The predicted molar refractivity (Wildman–Crippen MR) is 176 cm³/mol. The zero-order valence-corrected chi connectivity index (χ0v) is 27.7. The Balaban J connectivity index is 1.39. The largest absolute Gasteiger partial charge is 0.465 e. The van der Waals surface area contributed by atoms with Crippen molar-refractivity contribution in [2.24, 2.45) is 22.7 Å². The number of hydrogen-bond acceptors (Lipinski definition) is 5. The Morgan fingerprint density at radius 2 is 1.55 bits per heavy atom. The Labute approximate surface area is 265 Å². The first-order valence-corrected chi connectivity index (χ1v) is 18.2. The Hall–Kier alpha value is -2.77. The first-order valence-electron chi connectivity index (χ1n) is 16.5. The van der Waals surface area contributed by atoms with Crippen LogP contribution in [0.1, 0.15) is 64.9 Å². The third kappa shape index (κ3) is 7.04. The van der Waals surface area contributed by atoms with E-state index in [9.17, 15) is 4.79 Å². The average molecular weight is 613 g/mol. The molecule has 1 aliphatic carbocycles. The van der Waals surface area contributed by atoms with E-state index in [0.717, 1.165) is 45.1 Å². The van der Waals surface area contributed by atoms with Gasteiger partial charge < -0.3 is 18.6 Å². The highest BCUT2D eigenvalue weighted by Gasteiger charge is 2.61. The van der Waals surface area contributed by atoms with Gasteiger partial charge in [-0.05, 0) is 65.3 Å². The van der Waals surface area contributed by atoms with E-state index in [2.05, 4.69) is 112 Å². The minimum atomic E-state index is -2.08. The summed E-state index contributed by atoms with van der Waals surface area (Å²) in [5.41, 5.74) is 0.921. The van der Waals surface area contributed by atoms with Gasteiger partial charge in [-0.3, -0.25) is 4.79 Å². The van der Waals surface area contributed by atoms with Gasteiger partial charge >= 0.3 is 5.97 Å². The first kappa shape index (κ1) is 31.2. The van der Waals surface area contributed by atoms with Gasteiger partial charge in [-0.2, -0.15) is 0 Å². The molecule has 6 heteroatoms. The van der Waals surface area contributed by atoms with Crippen LogP contribution in [-0.4, -0.2) is 46.7 Å². The van der Waals surface area contributed by atoms with E-state index < -0.39 is 9.04 Å². The molecular weight excluding hydrogens is 564 g/mol. The maximum absolute atomic E-state index is 13.0. The lowest BCUT2D eigenvalue weighted by atomic mass is 9.66. The van der Waals surface area contributed by atoms with Gasteiger partial charge in [0.15, 0.2) is 6.29 Å². The van der Waals surface area contributed by atoms with Crippen molar-refractivity contribution in [3.05, 3.63) is 96.6 Å². The molecule has 2 unspecified atom stereocenters. The highest BCUT2D eigenvalue weighted by Crippen LogP contribution is 2.58. The minimum Gasteiger partial charge on any atom is -0.465 e. The Morgan fingerprint density at radius 1 is 0.909 bits per heavy atom. The summed E-state index contributed by atoms with van der Waals surface area (Å²) >= 11 is 0. The second-order valence-electron chi connectivity index (χ2n) is 14.2. The third-order valence-corrected chi connectivity index (χ3v) is 12.7. The molecule has 6 atom stereocenters. The minimum absolute atomic E-state index is 0.0619. The molecule has 0 spiro atoms. The molecule has 5 nitrogen and oxygen atoms in total. The molecule has 2 aliphatic heterocycles. The summed E-state index contributed by atoms with van der Waals surface area (Å²) in [5, 5.41) is 2.54. The molecule has 0 amide bonds. The Bertz CT molecular complexity index is 1300. The molecule has 2 heterocycles. The zero-order valence-electron chi connectivity index (χ0n) is 26.5. The van der Waals surface area contributed by atoms with Crippen LogP contribution >= 0.6 is 0 Å². The number of carbonyl (C=O) groups excluding carboxylic acids is 1. The van der Waals surface area contributed by atoms with Gasteiger partial charge in [0, 0.05) is 18.4 Å². The SMILES string of the molecule is CC(C)(C)C(O[SiH](c1ccccc1)c1ccccc1)[C@H]1[C@H]2COC(=O)C[C@@]2(CCc2ccccc2)C[C@H]1OC1CCCCO1. The van der Waals surface area contributed by atoms with Crippen molar-refractivity contribution in [3.8, 4) is 0 Å². The third-order valence-electron chi connectivity index (χ3n) is 10.1. The summed E-state index contributed by atoms with van der Waals surface area (Å²) in [6, 6.07) is 32.1. The first-order chi connectivity index (χ1) is 21.3. The second kappa shape index (κ2) is 13.7. The lowest BCUT2D eigenvalue weighted by molar-refractivity contribution is -0.206. The monoisotopic (exact) mass is 612 g/mol. The molecule has 0 N–H and O–H groups in total. The van der Waals surface area contributed by atoms with Crippen molar-refractivity contribution in [2.75, 3.05) is 13.2 Å². The molecule has 3 aromatic carbocycles. The van der Waals surface area contributed by atoms with E-state index in [-0.39, 0.29) is 47.1 Å². The highest BCUT2D eigenvalue weighted by molar-refractivity contribution is 6.80. The fraction of sp³-hybridized carbons (Fsp3) is 0.500. The smallest absolute Gasteiger partial charge is 0.306 e. The van der Waals surface area contributed by atoms with Crippen molar-refractivity contribution < 1.29 is 23.4 Å². The average Bonchev–Trinajstić information content (AvgIpc) is 3.34. The van der Waals surface area contributed by atoms with E-state index in [1.54, 1.807) is 0 Å². The number of cyclic esters (lactones) is 1. The summed E-state index contributed by atoms with van der Waals surface area (Å²) in [6.07, 6.45) is 5.81. The molecule has 6 rings (SSSR count). The van der Waals surface area contributed by atoms with E-state index in [1.165, 1.54) is 15.9 Å². The number of hydrogen-bond donors (Lipinski definition) is 0. The van der Waals surface area contributed by atoms with Crippen LogP contribution in [0.2, 0.25) is 0 Å². The van der Waals surface area contributed by atoms with E-state index >= 15 is 0 Å². The van der Waals surface area contributed by atoms with Crippen LogP contribution in [0.15, 0.2) is 91.0 Å².